The van der Waals surface area contributed by atoms with Gasteiger partial charge in [0.1, 0.15) is 17.5 Å². The summed E-state index contributed by atoms with van der Waals surface area (Å²) in [6, 6.07) is 9.11. The first-order valence-electron chi connectivity index (χ1n) is 11.5. The van der Waals surface area contributed by atoms with Gasteiger partial charge in [0.2, 0.25) is 5.91 Å². The van der Waals surface area contributed by atoms with Gasteiger partial charge in [-0.3, -0.25) is 9.69 Å². The number of nitrogens with one attached hydrogen (secondary N) is 1. The first kappa shape index (κ1) is 24.7. The Labute approximate surface area is 196 Å². The molecule has 184 valence electrons. The lowest BCUT2D eigenvalue weighted by Gasteiger charge is -2.44. The molecule has 2 heterocycles. The predicted molar refractivity (Wildman–Crippen MR) is 118 cm³/mol. The first-order chi connectivity index (χ1) is 16.4. The van der Waals surface area contributed by atoms with Gasteiger partial charge in [0, 0.05) is 31.2 Å². The third-order valence-corrected chi connectivity index (χ3v) is 6.28. The molecule has 34 heavy (non-hydrogen) atoms. The highest BCUT2D eigenvalue weighted by Crippen LogP contribution is 2.29. The Morgan fingerprint density at radius 1 is 1.06 bits per heavy atom. The quantitative estimate of drug-likeness (QED) is 0.668. The van der Waals surface area contributed by atoms with Gasteiger partial charge in [0.15, 0.2) is 0 Å². The number of fused-ring (bicyclic) bond motifs is 1. The van der Waals surface area contributed by atoms with Crippen LogP contribution in [0.15, 0.2) is 42.5 Å². The predicted octanol–water partition coefficient (Wildman–Crippen LogP) is 2.92. The zero-order chi connectivity index (χ0) is 24.1. The fraction of sp³-hybridized carbons (Fsp3) is 0.480. The molecule has 0 aliphatic carbocycles. The highest BCUT2D eigenvalue weighted by Gasteiger charge is 2.38. The number of aliphatic hydroxyl groups excluding tert-OH is 1. The molecular weight excluding hydrogens is 449 g/mol. The molecule has 2 saturated heterocycles. The number of amides is 1. The molecule has 2 aromatic rings. The number of aliphatic hydroxyl groups is 1. The first-order valence-corrected chi connectivity index (χ1v) is 11.5. The summed E-state index contributed by atoms with van der Waals surface area (Å²) >= 11 is 0. The number of hydrogen-bond acceptors (Lipinski definition) is 5. The topological polar surface area (TPSA) is 71.0 Å². The van der Waals surface area contributed by atoms with Crippen molar-refractivity contribution in [3.63, 3.8) is 0 Å². The van der Waals surface area contributed by atoms with Gasteiger partial charge in [0.25, 0.3) is 0 Å². The smallest absolute Gasteiger partial charge is 0.222 e. The summed E-state index contributed by atoms with van der Waals surface area (Å²) in [7, 11) is 0. The number of β-amino-alcohol motifs (C(OH)–C–C–N with tert-alkyl or cyclic N) is 1. The van der Waals surface area contributed by atoms with Gasteiger partial charge < -0.3 is 19.9 Å². The molecule has 1 amide bonds. The van der Waals surface area contributed by atoms with Crippen molar-refractivity contribution >= 4 is 5.91 Å². The molecule has 2 N–H and O–H groups in total. The van der Waals surface area contributed by atoms with Gasteiger partial charge in [-0.2, -0.15) is 0 Å². The number of halogens is 3. The second-order valence-corrected chi connectivity index (χ2v) is 8.91. The molecule has 4 rings (SSSR count). The van der Waals surface area contributed by atoms with Crippen LogP contribution in [-0.4, -0.2) is 60.0 Å². The molecule has 0 bridgehead atoms. The van der Waals surface area contributed by atoms with Crippen LogP contribution in [0.3, 0.4) is 0 Å². The summed E-state index contributed by atoms with van der Waals surface area (Å²) < 4.78 is 52.8. The molecule has 2 aromatic carbocycles. The minimum absolute atomic E-state index is 0.109. The second kappa shape index (κ2) is 11.3. The van der Waals surface area contributed by atoms with Crippen LogP contribution in [0.2, 0.25) is 0 Å². The van der Waals surface area contributed by atoms with Gasteiger partial charge in [-0.25, -0.2) is 13.2 Å². The van der Waals surface area contributed by atoms with Crippen LogP contribution in [0.5, 0.6) is 0 Å². The molecule has 9 heteroatoms. The molecule has 0 saturated carbocycles. The normalized spacial score (nSPS) is 25.8. The standard InChI is InChI=1S/C25H29F3N2O4/c26-18-3-1-16(2-4-18)11-29-25(32)10-21-6-8-23-24(34-21)15-33-14-20(31)13-30(23)12-17-9-19(27)5-7-22(17)28/h1-5,7,9,20-21,23-24,31H,6,8,10-15H2,(H,29,32)/t20-,21-,23-,24+/m1/s1. The molecule has 0 radical (unpaired) electrons. The van der Waals surface area contributed by atoms with E-state index in [0.717, 1.165) is 17.7 Å². The number of carbonyl (C=O) groups excluding carboxylic acids is 1. The minimum Gasteiger partial charge on any atom is -0.389 e. The van der Waals surface area contributed by atoms with Gasteiger partial charge in [0.05, 0.1) is 37.9 Å². The van der Waals surface area contributed by atoms with Gasteiger partial charge in [-0.15, -0.1) is 0 Å². The van der Waals surface area contributed by atoms with E-state index in [-0.39, 0.29) is 68.3 Å². The number of carbonyl (C=O) groups is 1. The molecule has 0 aromatic heterocycles. The summed E-state index contributed by atoms with van der Waals surface area (Å²) in [6.45, 7) is 1.01. The lowest BCUT2D eigenvalue weighted by atomic mass is 9.94. The van der Waals surface area contributed by atoms with Crippen molar-refractivity contribution in [3.8, 4) is 0 Å². The highest BCUT2D eigenvalue weighted by atomic mass is 19.1. The highest BCUT2D eigenvalue weighted by molar-refractivity contribution is 5.76. The number of rotatable bonds is 6. The molecule has 6 nitrogen and oxygen atoms in total. The van der Waals surface area contributed by atoms with E-state index in [2.05, 4.69) is 5.32 Å². The Hall–Kier alpha value is -2.46. The zero-order valence-corrected chi connectivity index (χ0v) is 18.8. The fourth-order valence-corrected chi connectivity index (χ4v) is 4.59. The van der Waals surface area contributed by atoms with Crippen LogP contribution < -0.4 is 5.32 Å². The van der Waals surface area contributed by atoms with Crippen LogP contribution in [0, 0.1) is 17.5 Å². The Bertz CT molecular complexity index is 975. The van der Waals surface area contributed by atoms with E-state index in [4.69, 9.17) is 9.47 Å². The molecular formula is C25H29F3N2O4. The lowest BCUT2D eigenvalue weighted by Crippen LogP contribution is -2.55. The molecule has 0 unspecified atom stereocenters. The fourth-order valence-electron chi connectivity index (χ4n) is 4.59. The van der Waals surface area contributed by atoms with Crippen molar-refractivity contribution in [1.29, 1.82) is 0 Å². The van der Waals surface area contributed by atoms with Gasteiger partial charge in [-0.1, -0.05) is 12.1 Å². The SMILES string of the molecule is O=C(C[C@H]1CC[C@@H]2[C@H](COC[C@H](O)CN2Cc2cc(F)ccc2F)O1)NCc1ccc(F)cc1. The zero-order valence-electron chi connectivity index (χ0n) is 18.8. The van der Waals surface area contributed by atoms with E-state index in [1.54, 1.807) is 12.1 Å². The second-order valence-electron chi connectivity index (χ2n) is 8.91. The summed E-state index contributed by atoms with van der Waals surface area (Å²) in [6.07, 6.45) is -0.00169. The number of benzene rings is 2. The van der Waals surface area contributed by atoms with Crippen LogP contribution in [-0.2, 0) is 27.4 Å². The van der Waals surface area contributed by atoms with Crippen molar-refractivity contribution in [1.82, 2.24) is 10.2 Å². The van der Waals surface area contributed by atoms with Crippen molar-refractivity contribution in [2.75, 3.05) is 19.8 Å². The number of ether oxygens (including phenoxy) is 2. The van der Waals surface area contributed by atoms with E-state index in [9.17, 15) is 23.1 Å². The molecule has 2 aliphatic rings. The van der Waals surface area contributed by atoms with E-state index < -0.39 is 17.7 Å². The lowest BCUT2D eigenvalue weighted by molar-refractivity contribution is -0.158. The number of hydrogen-bond donors (Lipinski definition) is 2. The Morgan fingerprint density at radius 2 is 1.82 bits per heavy atom. The Kier molecular flexibility index (Phi) is 8.20. The Balaban J connectivity index is 1.36. The largest absolute Gasteiger partial charge is 0.389 e. The summed E-state index contributed by atoms with van der Waals surface area (Å²) in [4.78, 5) is 14.4. The average Bonchev–Trinajstić information content (AvgIpc) is 2.80. The number of nitrogens with zero attached hydrogens (tertiary/aromatic N) is 1. The summed E-state index contributed by atoms with van der Waals surface area (Å²) in [5.74, 6) is -1.52. The molecule has 4 atom stereocenters. The van der Waals surface area contributed by atoms with E-state index in [1.807, 2.05) is 4.90 Å². The third kappa shape index (κ3) is 6.56. The van der Waals surface area contributed by atoms with Gasteiger partial charge in [-0.05, 0) is 48.7 Å². The maximum atomic E-state index is 14.3. The van der Waals surface area contributed by atoms with Crippen LogP contribution in [0.4, 0.5) is 13.2 Å². The molecule has 0 spiro atoms. The maximum absolute atomic E-state index is 14.3. The monoisotopic (exact) mass is 478 g/mol. The summed E-state index contributed by atoms with van der Waals surface area (Å²) in [5, 5.41) is 13.1. The van der Waals surface area contributed by atoms with Crippen molar-refractivity contribution in [3.05, 3.63) is 71.0 Å². The summed E-state index contributed by atoms with van der Waals surface area (Å²) in [5.41, 5.74) is 1.02. The van der Waals surface area contributed by atoms with E-state index in [0.29, 0.717) is 19.4 Å². The minimum atomic E-state index is -0.757. The van der Waals surface area contributed by atoms with Crippen LogP contribution in [0.25, 0.3) is 0 Å². The average molecular weight is 479 g/mol. The van der Waals surface area contributed by atoms with Crippen LogP contribution in [0.1, 0.15) is 30.4 Å². The van der Waals surface area contributed by atoms with Crippen LogP contribution >= 0.6 is 0 Å². The molecule has 2 fully saturated rings. The molecule has 2 aliphatic heterocycles. The third-order valence-electron chi connectivity index (χ3n) is 6.28. The van der Waals surface area contributed by atoms with Crippen molar-refractivity contribution < 1.29 is 32.5 Å². The van der Waals surface area contributed by atoms with Crippen molar-refractivity contribution in [2.45, 2.75) is 56.7 Å². The maximum Gasteiger partial charge on any atom is 0.222 e. The van der Waals surface area contributed by atoms with Gasteiger partial charge >= 0.3 is 0 Å². The van der Waals surface area contributed by atoms with E-state index in [1.165, 1.54) is 18.2 Å². The Morgan fingerprint density at radius 3 is 2.62 bits per heavy atom. The van der Waals surface area contributed by atoms with Crippen molar-refractivity contribution in [2.24, 2.45) is 0 Å². The van der Waals surface area contributed by atoms with E-state index >= 15 is 0 Å².